The maximum atomic E-state index is 12.2. The van der Waals surface area contributed by atoms with Crippen LogP contribution in [0.25, 0.3) is 16.6 Å². The summed E-state index contributed by atoms with van der Waals surface area (Å²) < 4.78 is 6.84. The molecule has 4 rings (SSSR count). The largest absolute Gasteiger partial charge is 0.459 e. The number of fused-ring (bicyclic) bond motifs is 2. The molecule has 0 aliphatic rings. The van der Waals surface area contributed by atoms with Crippen LogP contribution in [0.15, 0.2) is 59.5 Å². The molecule has 3 aromatic heterocycles. The Kier molecular flexibility index (Phi) is 4.46. The number of esters is 1. The van der Waals surface area contributed by atoms with Crippen LogP contribution >= 0.6 is 0 Å². The van der Waals surface area contributed by atoms with Gasteiger partial charge in [0.25, 0.3) is 5.56 Å². The summed E-state index contributed by atoms with van der Waals surface area (Å²) in [6.07, 6.45) is 2.79. The lowest BCUT2D eigenvalue weighted by molar-refractivity contribution is -0.145. The Balaban J connectivity index is 1.41. The zero-order valence-corrected chi connectivity index (χ0v) is 14.9. The van der Waals surface area contributed by atoms with Gasteiger partial charge in [-0.05, 0) is 37.1 Å². The molecule has 6 nitrogen and oxygen atoms in total. The first kappa shape index (κ1) is 17.0. The van der Waals surface area contributed by atoms with Crippen molar-refractivity contribution in [2.45, 2.75) is 26.4 Å². The number of aromatic amines is 1. The lowest BCUT2D eigenvalue weighted by Gasteiger charge is -2.07. The second-order valence-corrected chi connectivity index (χ2v) is 6.47. The maximum absolute atomic E-state index is 12.2. The van der Waals surface area contributed by atoms with Crippen LogP contribution in [0.2, 0.25) is 0 Å². The summed E-state index contributed by atoms with van der Waals surface area (Å²) in [6, 6.07) is 14.8. The minimum atomic E-state index is -0.313. The molecule has 0 spiro atoms. The first-order valence-electron chi connectivity index (χ1n) is 8.81. The number of carbonyl (C=O) groups excluding carboxylic acids is 1. The van der Waals surface area contributed by atoms with Gasteiger partial charge in [0.2, 0.25) is 0 Å². The molecule has 4 aromatic rings. The topological polar surface area (TPSA) is 76.5 Å². The molecule has 3 heterocycles. The van der Waals surface area contributed by atoms with E-state index in [1.807, 2.05) is 49.5 Å². The lowest BCUT2D eigenvalue weighted by Crippen LogP contribution is -2.18. The molecular formula is C21H19N3O3. The zero-order valence-electron chi connectivity index (χ0n) is 14.9. The summed E-state index contributed by atoms with van der Waals surface area (Å²) in [5.41, 5.74) is 3.77. The monoisotopic (exact) mass is 361 g/mol. The van der Waals surface area contributed by atoms with Crippen LogP contribution in [-0.4, -0.2) is 20.3 Å². The maximum Gasteiger partial charge on any atom is 0.306 e. The summed E-state index contributed by atoms with van der Waals surface area (Å²) >= 11 is 0. The van der Waals surface area contributed by atoms with Crippen molar-refractivity contribution in [3.63, 3.8) is 0 Å². The smallest absolute Gasteiger partial charge is 0.306 e. The van der Waals surface area contributed by atoms with Crippen LogP contribution in [-0.2, 0) is 22.6 Å². The van der Waals surface area contributed by atoms with Gasteiger partial charge < -0.3 is 9.72 Å². The fourth-order valence-corrected chi connectivity index (χ4v) is 3.24. The number of pyridine rings is 1. The highest BCUT2D eigenvalue weighted by Gasteiger charge is 2.10. The minimum Gasteiger partial charge on any atom is -0.459 e. The average molecular weight is 361 g/mol. The van der Waals surface area contributed by atoms with Gasteiger partial charge in [-0.2, -0.15) is 0 Å². The third kappa shape index (κ3) is 3.46. The van der Waals surface area contributed by atoms with Crippen molar-refractivity contribution in [1.82, 2.24) is 14.4 Å². The summed E-state index contributed by atoms with van der Waals surface area (Å²) in [4.78, 5) is 32.0. The number of H-pyrrole nitrogens is 1. The first-order valence-corrected chi connectivity index (χ1v) is 8.81. The molecule has 0 aliphatic heterocycles. The van der Waals surface area contributed by atoms with E-state index < -0.39 is 0 Å². The number of aromatic nitrogens is 3. The van der Waals surface area contributed by atoms with Crippen molar-refractivity contribution in [3.8, 4) is 0 Å². The Morgan fingerprint density at radius 3 is 2.93 bits per heavy atom. The molecule has 0 amide bonds. The SMILES string of the molecule is Cc1cccc2nc(COC(=O)CCc3c[nH]c4ccccc34)cc(=O)n12. The molecule has 0 radical (unpaired) electrons. The van der Waals surface area contributed by atoms with Gasteiger partial charge in [-0.25, -0.2) is 4.98 Å². The standard InChI is InChI=1S/C21H19N3O3/c1-14-5-4-8-19-23-16(11-20(25)24(14)19)13-27-21(26)10-9-15-12-22-18-7-3-2-6-17(15)18/h2-8,11-12,22H,9-10,13H2,1H3. The van der Waals surface area contributed by atoms with Crippen LogP contribution in [0, 0.1) is 6.92 Å². The van der Waals surface area contributed by atoms with Gasteiger partial charge in [-0.15, -0.1) is 0 Å². The number of carbonyl (C=O) groups is 1. The molecule has 27 heavy (non-hydrogen) atoms. The molecule has 136 valence electrons. The second kappa shape index (κ2) is 7.07. The van der Waals surface area contributed by atoms with Gasteiger partial charge in [0.1, 0.15) is 12.3 Å². The first-order chi connectivity index (χ1) is 13.1. The van der Waals surface area contributed by atoms with E-state index in [0.29, 0.717) is 17.8 Å². The van der Waals surface area contributed by atoms with E-state index in [1.54, 1.807) is 6.07 Å². The summed E-state index contributed by atoms with van der Waals surface area (Å²) in [6.45, 7) is 1.84. The number of nitrogens with zero attached hydrogens (tertiary/aromatic N) is 2. The van der Waals surface area contributed by atoms with Crippen molar-refractivity contribution in [2.24, 2.45) is 0 Å². The van der Waals surface area contributed by atoms with Gasteiger partial charge in [-0.1, -0.05) is 24.3 Å². The fourth-order valence-electron chi connectivity index (χ4n) is 3.24. The lowest BCUT2D eigenvalue weighted by atomic mass is 10.1. The third-order valence-corrected chi connectivity index (χ3v) is 4.59. The normalized spacial score (nSPS) is 11.1. The van der Waals surface area contributed by atoms with Crippen LogP contribution in [0.3, 0.4) is 0 Å². The van der Waals surface area contributed by atoms with Crippen LogP contribution in [0.4, 0.5) is 0 Å². The Hall–Kier alpha value is -3.41. The van der Waals surface area contributed by atoms with E-state index in [9.17, 15) is 9.59 Å². The molecule has 0 aliphatic carbocycles. The van der Waals surface area contributed by atoms with Crippen molar-refractivity contribution >= 4 is 22.5 Å². The highest BCUT2D eigenvalue weighted by atomic mass is 16.5. The Morgan fingerprint density at radius 1 is 1.19 bits per heavy atom. The molecule has 0 unspecified atom stereocenters. The van der Waals surface area contributed by atoms with Gasteiger partial charge >= 0.3 is 5.97 Å². The van der Waals surface area contributed by atoms with E-state index >= 15 is 0 Å². The average Bonchev–Trinajstić information content (AvgIpc) is 3.08. The molecule has 0 atom stereocenters. The number of benzene rings is 1. The molecule has 6 heteroatoms. The number of aryl methyl sites for hydroxylation is 2. The van der Waals surface area contributed by atoms with Crippen molar-refractivity contribution in [2.75, 3.05) is 0 Å². The molecule has 0 saturated carbocycles. The number of nitrogens with one attached hydrogen (secondary N) is 1. The highest BCUT2D eigenvalue weighted by molar-refractivity contribution is 5.83. The number of para-hydroxylation sites is 1. The highest BCUT2D eigenvalue weighted by Crippen LogP contribution is 2.19. The van der Waals surface area contributed by atoms with Crippen molar-refractivity contribution in [3.05, 3.63) is 82.0 Å². The van der Waals surface area contributed by atoms with Gasteiger partial charge in [-0.3, -0.25) is 14.0 Å². The van der Waals surface area contributed by atoms with Crippen molar-refractivity contribution in [1.29, 1.82) is 0 Å². The van der Waals surface area contributed by atoms with E-state index in [2.05, 4.69) is 9.97 Å². The molecule has 0 fully saturated rings. The summed E-state index contributed by atoms with van der Waals surface area (Å²) in [7, 11) is 0. The molecule has 0 bridgehead atoms. The zero-order chi connectivity index (χ0) is 18.8. The number of ether oxygens (including phenoxy) is 1. The molecular weight excluding hydrogens is 342 g/mol. The van der Waals surface area contributed by atoms with E-state index in [-0.39, 0.29) is 24.6 Å². The predicted octanol–water partition coefficient (Wildman–Crippen LogP) is 3.16. The summed E-state index contributed by atoms with van der Waals surface area (Å²) in [5, 5.41) is 1.12. The van der Waals surface area contributed by atoms with Crippen LogP contribution in [0.5, 0.6) is 0 Å². The quantitative estimate of drug-likeness (QED) is 0.554. The van der Waals surface area contributed by atoms with Crippen molar-refractivity contribution < 1.29 is 9.53 Å². The Labute approximate surface area is 155 Å². The minimum absolute atomic E-state index is 0.00754. The van der Waals surface area contributed by atoms with Gasteiger partial charge in [0, 0.05) is 35.3 Å². The Bertz CT molecular complexity index is 1190. The number of hydrogen-bond acceptors (Lipinski definition) is 4. The molecule has 1 aromatic carbocycles. The van der Waals surface area contributed by atoms with Crippen LogP contribution < -0.4 is 5.56 Å². The molecule has 0 saturated heterocycles. The summed E-state index contributed by atoms with van der Waals surface area (Å²) in [5.74, 6) is -0.313. The van der Waals surface area contributed by atoms with Gasteiger partial charge in [0.15, 0.2) is 0 Å². The van der Waals surface area contributed by atoms with E-state index in [1.165, 1.54) is 10.5 Å². The predicted molar refractivity (Wildman–Crippen MR) is 103 cm³/mol. The second-order valence-electron chi connectivity index (χ2n) is 6.47. The number of hydrogen-bond donors (Lipinski definition) is 1. The number of rotatable bonds is 5. The fraction of sp³-hybridized carbons (Fsp3) is 0.190. The van der Waals surface area contributed by atoms with E-state index in [0.717, 1.165) is 22.2 Å². The Morgan fingerprint density at radius 2 is 2.04 bits per heavy atom. The third-order valence-electron chi connectivity index (χ3n) is 4.59. The van der Waals surface area contributed by atoms with E-state index in [4.69, 9.17) is 4.74 Å². The van der Waals surface area contributed by atoms with Crippen LogP contribution in [0.1, 0.15) is 23.4 Å². The van der Waals surface area contributed by atoms with Gasteiger partial charge in [0.05, 0.1) is 5.69 Å². The molecule has 1 N–H and O–H groups in total.